The lowest BCUT2D eigenvalue weighted by atomic mass is 9.66. The number of carbonyl (C=O) groups excluding carboxylic acids is 1. The predicted molar refractivity (Wildman–Crippen MR) is 90.0 cm³/mol. The van der Waals surface area contributed by atoms with E-state index in [-0.39, 0.29) is 6.03 Å². The molecule has 2 fully saturated rings. The second-order valence-electron chi connectivity index (χ2n) is 7.01. The Morgan fingerprint density at radius 3 is 2.88 bits per heavy atom. The number of methoxy groups -OCH3 is 1. The van der Waals surface area contributed by atoms with E-state index in [2.05, 4.69) is 10.4 Å². The second kappa shape index (κ2) is 6.63. The maximum atomic E-state index is 12.5. The van der Waals surface area contributed by atoms with E-state index in [0.717, 1.165) is 50.2 Å². The highest BCUT2D eigenvalue weighted by molar-refractivity contribution is 5.74. The minimum Gasteiger partial charge on any atom is -0.481 e. The van der Waals surface area contributed by atoms with Crippen LogP contribution in [0.15, 0.2) is 0 Å². The van der Waals surface area contributed by atoms with Crippen molar-refractivity contribution in [3.63, 3.8) is 0 Å². The Balaban J connectivity index is 1.52. The zero-order chi connectivity index (χ0) is 17.3. The summed E-state index contributed by atoms with van der Waals surface area (Å²) < 4.78 is 12.7. The first-order valence-corrected chi connectivity index (χ1v) is 8.69. The van der Waals surface area contributed by atoms with Crippen molar-refractivity contribution in [3.8, 4) is 5.88 Å². The molecule has 1 saturated carbocycles. The maximum Gasteiger partial charge on any atom is 0.317 e. The Morgan fingerprint density at radius 2 is 2.21 bits per heavy atom. The lowest BCUT2D eigenvalue weighted by Gasteiger charge is -2.44. The van der Waals surface area contributed by atoms with Crippen LogP contribution in [0.2, 0.25) is 0 Å². The van der Waals surface area contributed by atoms with Gasteiger partial charge in [-0.25, -0.2) is 9.48 Å². The van der Waals surface area contributed by atoms with E-state index in [1.165, 1.54) is 0 Å². The molecular weight excluding hydrogens is 308 g/mol. The van der Waals surface area contributed by atoms with Crippen LogP contribution >= 0.6 is 0 Å². The summed E-state index contributed by atoms with van der Waals surface area (Å²) >= 11 is 0. The van der Waals surface area contributed by atoms with E-state index in [1.54, 1.807) is 11.8 Å². The summed E-state index contributed by atoms with van der Waals surface area (Å²) in [5, 5.41) is 7.36. The molecule has 1 spiro atoms. The molecule has 24 heavy (non-hydrogen) atoms. The van der Waals surface area contributed by atoms with E-state index >= 15 is 0 Å². The third-order valence-corrected chi connectivity index (χ3v) is 5.35. The number of hydrogen-bond acceptors (Lipinski definition) is 4. The number of nitrogens with one attached hydrogen (secondary N) is 1. The minimum absolute atomic E-state index is 0.00274. The van der Waals surface area contributed by atoms with Gasteiger partial charge in [-0.05, 0) is 38.5 Å². The van der Waals surface area contributed by atoms with Gasteiger partial charge in [0, 0.05) is 26.7 Å². The molecule has 3 rings (SSSR count). The van der Waals surface area contributed by atoms with Crippen molar-refractivity contribution in [1.82, 2.24) is 20.0 Å². The van der Waals surface area contributed by atoms with Crippen molar-refractivity contribution in [2.24, 2.45) is 12.5 Å². The monoisotopic (exact) mass is 336 g/mol. The number of ether oxygens (including phenoxy) is 2. The molecule has 0 unspecified atom stereocenters. The molecule has 1 aliphatic heterocycles. The van der Waals surface area contributed by atoms with Crippen LogP contribution in [0.25, 0.3) is 0 Å². The number of nitrogens with zero attached hydrogens (tertiary/aromatic N) is 3. The zero-order valence-electron chi connectivity index (χ0n) is 15.1. The summed E-state index contributed by atoms with van der Waals surface area (Å²) in [6.07, 6.45) is 3.64. The molecule has 7 heteroatoms. The summed E-state index contributed by atoms with van der Waals surface area (Å²) in [5.41, 5.74) is 2.10. The van der Waals surface area contributed by atoms with Gasteiger partial charge in [0.1, 0.15) is 0 Å². The minimum atomic E-state index is -0.00274. The summed E-state index contributed by atoms with van der Waals surface area (Å²) in [6.45, 7) is 6.84. The lowest BCUT2D eigenvalue weighted by Crippen LogP contribution is -2.46. The molecule has 2 amide bonds. The zero-order valence-corrected chi connectivity index (χ0v) is 15.1. The number of urea groups is 1. The molecule has 134 valence electrons. The Labute approximate surface area is 143 Å². The van der Waals surface area contributed by atoms with E-state index < -0.39 is 0 Å². The Hall–Kier alpha value is -1.76. The van der Waals surface area contributed by atoms with Gasteiger partial charge in [-0.15, -0.1) is 0 Å². The number of aryl methyl sites for hydroxylation is 2. The molecular formula is C17H28N4O3. The number of carbonyl (C=O) groups is 1. The van der Waals surface area contributed by atoms with E-state index in [4.69, 9.17) is 9.47 Å². The quantitative estimate of drug-likeness (QED) is 0.891. The molecule has 0 aromatic carbocycles. The van der Waals surface area contributed by atoms with Gasteiger partial charge in [-0.1, -0.05) is 0 Å². The number of amides is 2. The fraction of sp³-hybridized carbons (Fsp3) is 0.765. The van der Waals surface area contributed by atoms with Crippen LogP contribution in [0.3, 0.4) is 0 Å². The highest BCUT2D eigenvalue weighted by atomic mass is 16.5. The highest BCUT2D eigenvalue weighted by Crippen LogP contribution is 2.49. The van der Waals surface area contributed by atoms with Crippen LogP contribution < -0.4 is 10.1 Å². The lowest BCUT2D eigenvalue weighted by molar-refractivity contribution is -0.0704. The summed E-state index contributed by atoms with van der Waals surface area (Å²) in [6, 6.07) is -0.00274. The fourth-order valence-corrected chi connectivity index (χ4v) is 4.12. The predicted octanol–water partition coefficient (Wildman–Crippen LogP) is 1.84. The maximum absolute atomic E-state index is 12.5. The molecule has 0 atom stereocenters. The molecule has 1 N–H and O–H groups in total. The van der Waals surface area contributed by atoms with Crippen molar-refractivity contribution in [2.75, 3.05) is 26.8 Å². The van der Waals surface area contributed by atoms with Gasteiger partial charge in [0.25, 0.3) is 0 Å². The fourth-order valence-electron chi connectivity index (χ4n) is 4.12. The van der Waals surface area contributed by atoms with Gasteiger partial charge in [-0.2, -0.15) is 5.10 Å². The summed E-state index contributed by atoms with van der Waals surface area (Å²) in [5.74, 6) is 0.698. The molecule has 1 aliphatic carbocycles. The van der Waals surface area contributed by atoms with Crippen LogP contribution in [0.5, 0.6) is 5.88 Å². The van der Waals surface area contributed by atoms with Gasteiger partial charge in [0.05, 0.1) is 31.0 Å². The van der Waals surface area contributed by atoms with E-state index in [9.17, 15) is 4.79 Å². The Kier molecular flexibility index (Phi) is 4.71. The topological polar surface area (TPSA) is 68.6 Å². The third-order valence-electron chi connectivity index (χ3n) is 5.35. The van der Waals surface area contributed by atoms with Crippen LogP contribution in [0.4, 0.5) is 4.79 Å². The normalized spacial score (nSPS) is 25.8. The molecule has 2 aliphatic rings. The van der Waals surface area contributed by atoms with Crippen LogP contribution in [-0.2, 0) is 18.3 Å². The molecule has 1 saturated heterocycles. The first-order valence-electron chi connectivity index (χ1n) is 8.69. The number of hydrogen-bond donors (Lipinski definition) is 1. The largest absolute Gasteiger partial charge is 0.481 e. The standard InChI is InChI=1S/C17H28N4O3/c1-5-24-13-8-17(9-13)6-7-21(11-17)16(22)18-10-14-12(2)19-20(3)15(14)23-4/h13H,5-11H2,1-4H3,(H,18,22). The van der Waals surface area contributed by atoms with Gasteiger partial charge >= 0.3 is 6.03 Å². The molecule has 2 heterocycles. The van der Waals surface area contributed by atoms with Crippen LogP contribution in [0.1, 0.15) is 37.4 Å². The van der Waals surface area contributed by atoms with E-state index in [0.29, 0.717) is 23.9 Å². The molecule has 1 aromatic rings. The average Bonchev–Trinajstić information content (AvgIpc) is 3.06. The average molecular weight is 336 g/mol. The number of rotatable bonds is 5. The first kappa shape index (κ1) is 17.1. The number of likely N-dealkylation sites (tertiary alicyclic amines) is 1. The van der Waals surface area contributed by atoms with Gasteiger partial charge < -0.3 is 19.7 Å². The van der Waals surface area contributed by atoms with Crippen molar-refractivity contribution < 1.29 is 14.3 Å². The number of aromatic nitrogens is 2. The van der Waals surface area contributed by atoms with Crippen molar-refractivity contribution >= 4 is 6.03 Å². The highest BCUT2D eigenvalue weighted by Gasteiger charge is 2.49. The van der Waals surface area contributed by atoms with Crippen LogP contribution in [0, 0.1) is 12.3 Å². The van der Waals surface area contributed by atoms with Crippen molar-refractivity contribution in [2.45, 2.75) is 45.8 Å². The first-order chi connectivity index (χ1) is 11.5. The summed E-state index contributed by atoms with van der Waals surface area (Å²) in [4.78, 5) is 14.4. The third kappa shape index (κ3) is 3.09. The smallest absolute Gasteiger partial charge is 0.317 e. The SMILES string of the molecule is CCOC1CC2(CCN(C(=O)NCc3c(C)nn(C)c3OC)C2)C1. The Morgan fingerprint density at radius 1 is 1.46 bits per heavy atom. The molecule has 7 nitrogen and oxygen atoms in total. The van der Waals surface area contributed by atoms with Gasteiger partial charge in [0.15, 0.2) is 0 Å². The molecule has 0 radical (unpaired) electrons. The summed E-state index contributed by atoms with van der Waals surface area (Å²) in [7, 11) is 3.46. The molecule has 0 bridgehead atoms. The second-order valence-corrected chi connectivity index (χ2v) is 7.01. The van der Waals surface area contributed by atoms with Crippen molar-refractivity contribution in [1.29, 1.82) is 0 Å². The van der Waals surface area contributed by atoms with Crippen LogP contribution in [-0.4, -0.2) is 53.6 Å². The van der Waals surface area contributed by atoms with Crippen molar-refractivity contribution in [3.05, 3.63) is 11.3 Å². The Bertz CT molecular complexity index is 607. The van der Waals surface area contributed by atoms with Gasteiger partial charge in [0.2, 0.25) is 5.88 Å². The van der Waals surface area contributed by atoms with E-state index in [1.807, 2.05) is 25.8 Å². The van der Waals surface area contributed by atoms with Gasteiger partial charge in [-0.3, -0.25) is 0 Å². The molecule has 1 aromatic heterocycles.